The molecule has 0 bridgehead atoms. The van der Waals surface area contributed by atoms with E-state index in [1.165, 1.54) is 5.52 Å². The fraction of sp³-hybridized carbons (Fsp3) is 0.300. The highest BCUT2D eigenvalue weighted by Gasteiger charge is 2.07. The number of imidazole rings is 1. The Balaban J connectivity index is 2.55. The van der Waals surface area contributed by atoms with Crippen molar-refractivity contribution in [2.75, 3.05) is 0 Å². The van der Waals surface area contributed by atoms with E-state index in [2.05, 4.69) is 16.5 Å². The van der Waals surface area contributed by atoms with Gasteiger partial charge in [-0.3, -0.25) is 0 Å². The Labute approximate surface area is 82.1 Å². The summed E-state index contributed by atoms with van der Waals surface area (Å²) in [4.78, 5) is 3.19. The van der Waals surface area contributed by atoms with E-state index in [1.54, 1.807) is 0 Å². The Kier molecular flexibility index (Phi) is 2.23. The third kappa shape index (κ3) is 1.54. The number of rotatable bonds is 2. The fourth-order valence-electron chi connectivity index (χ4n) is 1.52. The van der Waals surface area contributed by atoms with Crippen molar-refractivity contribution in [1.82, 2.24) is 4.98 Å². The maximum Gasteiger partial charge on any atom is 0.242 e. The summed E-state index contributed by atoms with van der Waals surface area (Å²) >= 11 is 5.88. The SMILES string of the molecule is CCC[n+]1c[nH]c2cc(Cl)ccc21. The molecule has 0 aliphatic heterocycles. The van der Waals surface area contributed by atoms with Crippen LogP contribution in [0.5, 0.6) is 0 Å². The lowest BCUT2D eigenvalue weighted by molar-refractivity contribution is -0.671. The molecule has 68 valence electrons. The van der Waals surface area contributed by atoms with Crippen LogP contribution in [0, 0.1) is 0 Å². The van der Waals surface area contributed by atoms with Crippen molar-refractivity contribution in [3.63, 3.8) is 0 Å². The maximum atomic E-state index is 5.88. The van der Waals surface area contributed by atoms with E-state index in [1.807, 2.05) is 24.5 Å². The van der Waals surface area contributed by atoms with Gasteiger partial charge in [0, 0.05) is 11.1 Å². The first kappa shape index (κ1) is 8.57. The molecule has 0 saturated heterocycles. The van der Waals surface area contributed by atoms with Crippen LogP contribution in [0.4, 0.5) is 0 Å². The number of fused-ring (bicyclic) bond motifs is 1. The van der Waals surface area contributed by atoms with E-state index in [0.29, 0.717) is 0 Å². The quantitative estimate of drug-likeness (QED) is 0.711. The topological polar surface area (TPSA) is 19.7 Å². The summed E-state index contributed by atoms with van der Waals surface area (Å²) in [5.41, 5.74) is 2.31. The second kappa shape index (κ2) is 3.38. The van der Waals surface area contributed by atoms with Gasteiger partial charge in [-0.2, -0.15) is 0 Å². The lowest BCUT2D eigenvalue weighted by Gasteiger charge is -1.93. The zero-order chi connectivity index (χ0) is 9.26. The highest BCUT2D eigenvalue weighted by Crippen LogP contribution is 2.14. The second-order valence-electron chi connectivity index (χ2n) is 3.13. The molecule has 1 aromatic carbocycles. The zero-order valence-electron chi connectivity index (χ0n) is 7.55. The Bertz CT molecular complexity index is 420. The first-order valence-corrected chi connectivity index (χ1v) is 4.85. The van der Waals surface area contributed by atoms with Crippen molar-refractivity contribution in [3.8, 4) is 0 Å². The molecule has 0 fully saturated rings. The molecule has 1 aromatic heterocycles. The molecule has 2 nitrogen and oxygen atoms in total. The summed E-state index contributed by atoms with van der Waals surface area (Å²) in [6.07, 6.45) is 3.13. The summed E-state index contributed by atoms with van der Waals surface area (Å²) in [5.74, 6) is 0. The number of nitrogens with zero attached hydrogens (tertiary/aromatic N) is 1. The lowest BCUT2D eigenvalue weighted by Crippen LogP contribution is -2.31. The molecular weight excluding hydrogens is 184 g/mol. The number of nitrogens with one attached hydrogen (secondary N) is 1. The fourth-order valence-corrected chi connectivity index (χ4v) is 1.69. The van der Waals surface area contributed by atoms with Gasteiger partial charge in [0.1, 0.15) is 0 Å². The van der Waals surface area contributed by atoms with Gasteiger partial charge < -0.3 is 0 Å². The molecule has 1 N–H and O–H groups in total. The van der Waals surface area contributed by atoms with Gasteiger partial charge in [-0.25, -0.2) is 9.55 Å². The normalized spacial score (nSPS) is 10.9. The smallest absolute Gasteiger partial charge is 0.242 e. The third-order valence-electron chi connectivity index (χ3n) is 2.11. The first-order chi connectivity index (χ1) is 6.31. The Morgan fingerprint density at radius 1 is 1.46 bits per heavy atom. The second-order valence-corrected chi connectivity index (χ2v) is 3.56. The van der Waals surface area contributed by atoms with Crippen LogP contribution in [0.25, 0.3) is 11.0 Å². The Morgan fingerprint density at radius 2 is 2.31 bits per heavy atom. The molecule has 0 amide bonds. The molecule has 1 heterocycles. The van der Waals surface area contributed by atoms with Crippen LogP contribution in [0.2, 0.25) is 5.02 Å². The summed E-state index contributed by atoms with van der Waals surface area (Å²) in [6, 6.07) is 5.91. The molecule has 0 aliphatic rings. The minimum absolute atomic E-state index is 0.776. The Hall–Kier alpha value is -1.02. The largest absolute Gasteiger partial charge is 0.243 e. The average Bonchev–Trinajstić information content (AvgIpc) is 2.49. The summed E-state index contributed by atoms with van der Waals surface area (Å²) < 4.78 is 2.20. The van der Waals surface area contributed by atoms with E-state index < -0.39 is 0 Å². The van der Waals surface area contributed by atoms with Crippen molar-refractivity contribution < 1.29 is 4.57 Å². The maximum absolute atomic E-state index is 5.88. The number of aromatic nitrogens is 2. The molecular formula is C10H12ClN2+. The van der Waals surface area contributed by atoms with Gasteiger partial charge >= 0.3 is 0 Å². The molecule has 2 rings (SSSR count). The van der Waals surface area contributed by atoms with E-state index >= 15 is 0 Å². The number of aryl methyl sites for hydroxylation is 1. The monoisotopic (exact) mass is 195 g/mol. The first-order valence-electron chi connectivity index (χ1n) is 4.47. The summed E-state index contributed by atoms with van der Waals surface area (Å²) in [5, 5.41) is 0.776. The van der Waals surface area contributed by atoms with Crippen molar-refractivity contribution in [2.45, 2.75) is 19.9 Å². The van der Waals surface area contributed by atoms with Gasteiger partial charge in [0.15, 0.2) is 11.0 Å². The molecule has 0 unspecified atom stereocenters. The average molecular weight is 196 g/mol. The molecule has 3 heteroatoms. The molecule has 13 heavy (non-hydrogen) atoms. The predicted molar refractivity (Wildman–Crippen MR) is 53.8 cm³/mol. The van der Waals surface area contributed by atoms with Crippen LogP contribution < -0.4 is 4.57 Å². The van der Waals surface area contributed by atoms with Gasteiger partial charge in [-0.05, 0) is 18.6 Å². The molecule has 0 spiro atoms. The van der Waals surface area contributed by atoms with Crippen molar-refractivity contribution >= 4 is 22.6 Å². The highest BCUT2D eigenvalue weighted by molar-refractivity contribution is 6.31. The molecule has 0 atom stereocenters. The zero-order valence-corrected chi connectivity index (χ0v) is 8.30. The predicted octanol–water partition coefficient (Wildman–Crippen LogP) is 2.52. The number of H-pyrrole nitrogens is 1. The Morgan fingerprint density at radius 3 is 3.08 bits per heavy atom. The molecule has 0 aliphatic carbocycles. The number of benzene rings is 1. The highest BCUT2D eigenvalue weighted by atomic mass is 35.5. The lowest BCUT2D eigenvalue weighted by atomic mass is 10.3. The van der Waals surface area contributed by atoms with Crippen LogP contribution in [0.3, 0.4) is 0 Å². The van der Waals surface area contributed by atoms with Crippen molar-refractivity contribution in [2.24, 2.45) is 0 Å². The van der Waals surface area contributed by atoms with Crippen LogP contribution in [-0.2, 0) is 6.54 Å². The van der Waals surface area contributed by atoms with Crippen LogP contribution in [-0.4, -0.2) is 4.98 Å². The van der Waals surface area contributed by atoms with Gasteiger partial charge in [0.2, 0.25) is 6.33 Å². The van der Waals surface area contributed by atoms with E-state index in [-0.39, 0.29) is 0 Å². The third-order valence-corrected chi connectivity index (χ3v) is 2.34. The van der Waals surface area contributed by atoms with Gasteiger partial charge in [0.05, 0.1) is 6.54 Å². The van der Waals surface area contributed by atoms with E-state index in [0.717, 1.165) is 23.5 Å². The van der Waals surface area contributed by atoms with Crippen molar-refractivity contribution in [3.05, 3.63) is 29.5 Å². The number of aromatic amines is 1. The van der Waals surface area contributed by atoms with Crippen LogP contribution in [0.15, 0.2) is 24.5 Å². The van der Waals surface area contributed by atoms with Gasteiger partial charge in [-0.1, -0.05) is 18.5 Å². The number of hydrogen-bond acceptors (Lipinski definition) is 0. The van der Waals surface area contributed by atoms with E-state index in [9.17, 15) is 0 Å². The van der Waals surface area contributed by atoms with Crippen LogP contribution >= 0.6 is 11.6 Å². The van der Waals surface area contributed by atoms with Gasteiger partial charge in [0.25, 0.3) is 0 Å². The van der Waals surface area contributed by atoms with Crippen molar-refractivity contribution in [1.29, 1.82) is 0 Å². The minimum atomic E-state index is 0.776. The number of hydrogen-bond donors (Lipinski definition) is 1. The molecule has 0 radical (unpaired) electrons. The number of halogens is 1. The van der Waals surface area contributed by atoms with E-state index in [4.69, 9.17) is 11.6 Å². The summed E-state index contributed by atoms with van der Waals surface area (Å²) in [7, 11) is 0. The van der Waals surface area contributed by atoms with Gasteiger partial charge in [-0.15, -0.1) is 0 Å². The standard InChI is InChI=1S/C10H11ClN2/c1-2-5-13-7-12-9-6-8(11)3-4-10(9)13/h3-4,6-7H,2,5H2,1H3/p+1. The minimum Gasteiger partial charge on any atom is -0.243 e. The molecule has 0 saturated carbocycles. The van der Waals surface area contributed by atoms with Crippen LogP contribution in [0.1, 0.15) is 13.3 Å². The summed E-state index contributed by atoms with van der Waals surface area (Å²) in [6.45, 7) is 3.21. The molecule has 2 aromatic rings.